The smallest absolute Gasteiger partial charge is 0.0951 e. The summed E-state index contributed by atoms with van der Waals surface area (Å²) in [6.45, 7) is 4.45. The lowest BCUT2D eigenvalue weighted by Crippen LogP contribution is -2.30. The molecule has 0 radical (unpaired) electrons. The zero-order chi connectivity index (χ0) is 19.1. The molecule has 0 saturated heterocycles. The maximum absolute atomic E-state index is 4.86. The molecule has 2 nitrogen and oxygen atoms in total. The predicted molar refractivity (Wildman–Crippen MR) is 119 cm³/mol. The predicted octanol–water partition coefficient (Wildman–Crippen LogP) is 6.85. The van der Waals surface area contributed by atoms with Crippen LogP contribution >= 0.6 is 0 Å². The van der Waals surface area contributed by atoms with Crippen LogP contribution < -0.4 is 4.90 Å². The minimum Gasteiger partial charge on any atom is -0.332 e. The highest BCUT2D eigenvalue weighted by molar-refractivity contribution is 6.06. The number of hydrogen-bond donors (Lipinski definition) is 0. The van der Waals surface area contributed by atoms with Crippen molar-refractivity contribution < 1.29 is 0 Å². The molecule has 0 saturated carbocycles. The maximum Gasteiger partial charge on any atom is 0.0951 e. The van der Waals surface area contributed by atoms with Gasteiger partial charge in [-0.25, -0.2) is 0 Å². The molecule has 28 heavy (non-hydrogen) atoms. The van der Waals surface area contributed by atoms with Gasteiger partial charge in [-0.15, -0.1) is 0 Å². The summed E-state index contributed by atoms with van der Waals surface area (Å²) >= 11 is 0. The standard InChI is InChI=1S/C26H22N2/c1-18-17-19(2)28(21-11-7-4-8-12-21)26-22(18)13-14-24-23(15-16-27-25(24)26)20-9-5-3-6-10-20/h3-17,19H,1-2H3. The molecule has 5 rings (SSSR count). The van der Waals surface area contributed by atoms with Gasteiger partial charge in [-0.05, 0) is 48.7 Å². The molecule has 2 heteroatoms. The first-order valence-corrected chi connectivity index (χ1v) is 9.74. The zero-order valence-electron chi connectivity index (χ0n) is 16.1. The number of nitrogens with zero attached hydrogens (tertiary/aromatic N) is 2. The Hall–Kier alpha value is -3.39. The molecule has 2 heterocycles. The Morgan fingerprint density at radius 2 is 1.50 bits per heavy atom. The SMILES string of the molecule is CC1=CC(C)N(c2ccccc2)c2c1ccc1c(-c3ccccc3)ccnc21. The molecule has 1 aliphatic rings. The molecule has 0 bridgehead atoms. The number of aromatic nitrogens is 1. The second-order valence-corrected chi connectivity index (χ2v) is 7.38. The summed E-state index contributed by atoms with van der Waals surface area (Å²) in [5.41, 5.74) is 8.46. The molecular formula is C26H22N2. The van der Waals surface area contributed by atoms with Crippen molar-refractivity contribution in [2.24, 2.45) is 0 Å². The van der Waals surface area contributed by atoms with E-state index in [0.29, 0.717) is 0 Å². The largest absolute Gasteiger partial charge is 0.332 e. The molecule has 1 aromatic heterocycles. The molecule has 1 aliphatic heterocycles. The van der Waals surface area contributed by atoms with E-state index in [9.17, 15) is 0 Å². The number of para-hydroxylation sites is 1. The van der Waals surface area contributed by atoms with Crippen LogP contribution in [0.25, 0.3) is 27.6 Å². The first-order valence-electron chi connectivity index (χ1n) is 9.74. The Bertz CT molecular complexity index is 1180. The second-order valence-electron chi connectivity index (χ2n) is 7.38. The monoisotopic (exact) mass is 362 g/mol. The van der Waals surface area contributed by atoms with Crippen LogP contribution in [-0.2, 0) is 0 Å². The zero-order valence-corrected chi connectivity index (χ0v) is 16.1. The third kappa shape index (κ3) is 2.61. The molecule has 0 N–H and O–H groups in total. The number of benzene rings is 3. The summed E-state index contributed by atoms with van der Waals surface area (Å²) in [6.07, 6.45) is 4.27. The van der Waals surface area contributed by atoms with Gasteiger partial charge in [0.05, 0.1) is 17.2 Å². The third-order valence-electron chi connectivity index (χ3n) is 5.57. The van der Waals surface area contributed by atoms with E-state index in [4.69, 9.17) is 4.98 Å². The number of rotatable bonds is 2. The fourth-order valence-electron chi connectivity index (χ4n) is 4.32. The number of fused-ring (bicyclic) bond motifs is 3. The average molecular weight is 362 g/mol. The Balaban J connectivity index is 1.82. The van der Waals surface area contributed by atoms with Crippen molar-refractivity contribution in [2.75, 3.05) is 4.90 Å². The van der Waals surface area contributed by atoms with Crippen molar-refractivity contribution >= 4 is 27.9 Å². The lowest BCUT2D eigenvalue weighted by Gasteiger charge is -2.36. The maximum atomic E-state index is 4.86. The van der Waals surface area contributed by atoms with Crippen LogP contribution in [0, 0.1) is 0 Å². The van der Waals surface area contributed by atoms with Gasteiger partial charge in [-0.3, -0.25) is 4.98 Å². The quantitative estimate of drug-likeness (QED) is 0.388. The molecule has 136 valence electrons. The Kier molecular flexibility index (Phi) is 3.98. The number of hydrogen-bond acceptors (Lipinski definition) is 2. The summed E-state index contributed by atoms with van der Waals surface area (Å²) < 4.78 is 0. The van der Waals surface area contributed by atoms with E-state index in [1.54, 1.807) is 0 Å². The van der Waals surface area contributed by atoms with Gasteiger partial charge in [0.15, 0.2) is 0 Å². The summed E-state index contributed by atoms with van der Waals surface area (Å²) in [5.74, 6) is 0. The van der Waals surface area contributed by atoms with Crippen LogP contribution in [-0.4, -0.2) is 11.0 Å². The lowest BCUT2D eigenvalue weighted by atomic mass is 9.92. The van der Waals surface area contributed by atoms with Crippen molar-refractivity contribution in [3.05, 3.63) is 96.7 Å². The van der Waals surface area contributed by atoms with Crippen molar-refractivity contribution in [3.63, 3.8) is 0 Å². The van der Waals surface area contributed by atoms with Crippen LogP contribution in [0.15, 0.2) is 91.1 Å². The summed E-state index contributed by atoms with van der Waals surface area (Å²) in [7, 11) is 0. The highest BCUT2D eigenvalue weighted by Gasteiger charge is 2.26. The van der Waals surface area contributed by atoms with Gasteiger partial charge in [0.1, 0.15) is 0 Å². The van der Waals surface area contributed by atoms with Crippen LogP contribution in [0.1, 0.15) is 19.4 Å². The van der Waals surface area contributed by atoms with E-state index < -0.39 is 0 Å². The summed E-state index contributed by atoms with van der Waals surface area (Å²) in [6, 6.07) is 28.0. The highest BCUT2D eigenvalue weighted by Crippen LogP contribution is 2.44. The lowest BCUT2D eigenvalue weighted by molar-refractivity contribution is 0.855. The van der Waals surface area contributed by atoms with Gasteiger partial charge in [0, 0.05) is 22.8 Å². The van der Waals surface area contributed by atoms with Gasteiger partial charge >= 0.3 is 0 Å². The van der Waals surface area contributed by atoms with E-state index in [1.165, 1.54) is 39.0 Å². The number of allylic oxidation sites excluding steroid dienone is 1. The minimum atomic E-state index is 0.266. The fraction of sp³-hybridized carbons (Fsp3) is 0.115. The Morgan fingerprint density at radius 1 is 0.786 bits per heavy atom. The molecule has 0 aliphatic carbocycles. The van der Waals surface area contributed by atoms with Crippen LogP contribution in [0.2, 0.25) is 0 Å². The van der Waals surface area contributed by atoms with Crippen molar-refractivity contribution in [2.45, 2.75) is 19.9 Å². The van der Waals surface area contributed by atoms with Crippen LogP contribution in [0.5, 0.6) is 0 Å². The first kappa shape index (κ1) is 16.8. The van der Waals surface area contributed by atoms with Crippen LogP contribution in [0.4, 0.5) is 11.4 Å². The molecular weight excluding hydrogens is 340 g/mol. The van der Waals surface area contributed by atoms with E-state index in [2.05, 4.69) is 104 Å². The van der Waals surface area contributed by atoms with E-state index in [0.717, 1.165) is 5.52 Å². The third-order valence-corrected chi connectivity index (χ3v) is 5.57. The molecule has 1 atom stereocenters. The summed E-state index contributed by atoms with van der Waals surface area (Å²) in [5, 5.41) is 1.19. The number of pyridine rings is 1. The van der Waals surface area contributed by atoms with E-state index >= 15 is 0 Å². The Morgan fingerprint density at radius 3 is 2.25 bits per heavy atom. The second kappa shape index (κ2) is 6.65. The molecule has 0 spiro atoms. The van der Waals surface area contributed by atoms with Gasteiger partial charge in [-0.1, -0.05) is 66.7 Å². The number of anilines is 2. The van der Waals surface area contributed by atoms with Crippen molar-refractivity contribution in [3.8, 4) is 11.1 Å². The van der Waals surface area contributed by atoms with Crippen molar-refractivity contribution in [1.82, 2.24) is 4.98 Å². The summed E-state index contributed by atoms with van der Waals surface area (Å²) in [4.78, 5) is 7.27. The average Bonchev–Trinajstić information content (AvgIpc) is 2.74. The van der Waals surface area contributed by atoms with Gasteiger partial charge < -0.3 is 4.90 Å². The fourth-order valence-corrected chi connectivity index (χ4v) is 4.32. The molecule has 1 unspecified atom stereocenters. The van der Waals surface area contributed by atoms with Gasteiger partial charge in [-0.2, -0.15) is 0 Å². The van der Waals surface area contributed by atoms with Crippen LogP contribution in [0.3, 0.4) is 0 Å². The normalized spacial score (nSPS) is 16.0. The first-order chi connectivity index (χ1) is 13.7. The molecule has 3 aromatic carbocycles. The topological polar surface area (TPSA) is 16.1 Å². The molecule has 0 amide bonds. The Labute approximate surface area is 165 Å². The minimum absolute atomic E-state index is 0.266. The van der Waals surface area contributed by atoms with E-state index in [-0.39, 0.29) is 6.04 Å². The highest BCUT2D eigenvalue weighted by atomic mass is 15.2. The van der Waals surface area contributed by atoms with Gasteiger partial charge in [0.25, 0.3) is 0 Å². The molecule has 0 fully saturated rings. The van der Waals surface area contributed by atoms with Crippen molar-refractivity contribution in [1.29, 1.82) is 0 Å². The van der Waals surface area contributed by atoms with E-state index in [1.807, 2.05) is 6.20 Å². The van der Waals surface area contributed by atoms with Gasteiger partial charge in [0.2, 0.25) is 0 Å². The molecule has 4 aromatic rings.